The minimum atomic E-state index is -4.53. The lowest BCUT2D eigenvalue weighted by molar-refractivity contribution is -0.137. The molecule has 1 aliphatic rings. The van der Waals surface area contributed by atoms with E-state index in [1.165, 1.54) is 12.1 Å². The number of hydrazone groups is 1. The molecule has 1 heterocycles. The molecule has 6 nitrogen and oxygen atoms in total. The van der Waals surface area contributed by atoms with Gasteiger partial charge >= 0.3 is 6.18 Å². The number of carbonyl (C=O) groups is 1. The lowest BCUT2D eigenvalue weighted by atomic mass is 10.1. The summed E-state index contributed by atoms with van der Waals surface area (Å²) in [6.45, 7) is 3.63. The number of halogens is 4. The maximum absolute atomic E-state index is 13.1. The van der Waals surface area contributed by atoms with Crippen molar-refractivity contribution in [1.82, 2.24) is 0 Å². The molecule has 166 valence electrons. The zero-order valence-corrected chi connectivity index (χ0v) is 19.2. The molecule has 0 saturated heterocycles. The second-order valence-corrected chi connectivity index (χ2v) is 7.78. The first-order valence-electron chi connectivity index (χ1n) is 9.40. The molecular formula is C22H17F3IN3O3. The van der Waals surface area contributed by atoms with Crippen molar-refractivity contribution in [1.29, 1.82) is 5.26 Å². The van der Waals surface area contributed by atoms with Gasteiger partial charge in [0, 0.05) is 0 Å². The van der Waals surface area contributed by atoms with E-state index in [4.69, 9.17) is 14.7 Å². The Bertz CT molecular complexity index is 1150. The van der Waals surface area contributed by atoms with E-state index in [0.29, 0.717) is 33.0 Å². The summed E-state index contributed by atoms with van der Waals surface area (Å²) in [6, 6.07) is 9.76. The summed E-state index contributed by atoms with van der Waals surface area (Å²) in [5.74, 6) is 0.292. The number of nitrogens with zero attached hydrogens (tertiary/aromatic N) is 3. The van der Waals surface area contributed by atoms with Crippen molar-refractivity contribution in [2.24, 2.45) is 5.10 Å². The van der Waals surface area contributed by atoms with Gasteiger partial charge in [-0.15, -0.1) is 0 Å². The predicted molar refractivity (Wildman–Crippen MR) is 121 cm³/mol. The van der Waals surface area contributed by atoms with E-state index in [9.17, 15) is 18.0 Å². The van der Waals surface area contributed by atoms with E-state index in [1.807, 2.05) is 28.7 Å². The number of ether oxygens (including phenoxy) is 2. The van der Waals surface area contributed by atoms with Gasteiger partial charge in [0.2, 0.25) is 0 Å². The minimum Gasteiger partial charge on any atom is -0.490 e. The number of nitriles is 1. The van der Waals surface area contributed by atoms with Crippen molar-refractivity contribution in [3.05, 3.63) is 56.7 Å². The first-order valence-corrected chi connectivity index (χ1v) is 10.5. The molecule has 0 atom stereocenters. The normalized spacial score (nSPS) is 15.0. The van der Waals surface area contributed by atoms with E-state index in [2.05, 4.69) is 5.10 Å². The molecule has 0 spiro atoms. The molecule has 2 aromatic carbocycles. The molecule has 0 radical (unpaired) electrons. The summed E-state index contributed by atoms with van der Waals surface area (Å²) < 4.78 is 50.9. The number of hydrogen-bond donors (Lipinski definition) is 0. The summed E-state index contributed by atoms with van der Waals surface area (Å²) in [5, 5.41) is 13.9. The quantitative estimate of drug-likeness (QED) is 0.353. The van der Waals surface area contributed by atoms with Gasteiger partial charge in [0.15, 0.2) is 18.1 Å². The highest BCUT2D eigenvalue weighted by atomic mass is 127. The Kier molecular flexibility index (Phi) is 7.08. The van der Waals surface area contributed by atoms with Crippen molar-refractivity contribution in [3.63, 3.8) is 0 Å². The molecular weight excluding hydrogens is 538 g/mol. The molecule has 0 saturated carbocycles. The molecule has 1 aliphatic heterocycles. The summed E-state index contributed by atoms with van der Waals surface area (Å²) in [7, 11) is 0. The third-order valence-corrected chi connectivity index (χ3v) is 5.21. The molecule has 3 rings (SSSR count). The van der Waals surface area contributed by atoms with Crippen molar-refractivity contribution < 1.29 is 27.4 Å². The van der Waals surface area contributed by atoms with Crippen molar-refractivity contribution in [3.8, 4) is 17.6 Å². The maximum atomic E-state index is 13.1. The fraction of sp³-hybridized carbons (Fsp3) is 0.227. The lowest BCUT2D eigenvalue weighted by Crippen LogP contribution is -2.21. The summed E-state index contributed by atoms with van der Waals surface area (Å²) in [6.07, 6.45) is -2.94. The van der Waals surface area contributed by atoms with Gasteiger partial charge in [-0.3, -0.25) is 4.79 Å². The van der Waals surface area contributed by atoms with Crippen LogP contribution in [0.25, 0.3) is 6.08 Å². The van der Waals surface area contributed by atoms with Gasteiger partial charge in [-0.25, -0.2) is 0 Å². The predicted octanol–water partition coefficient (Wildman–Crippen LogP) is 5.42. The standard InChI is InChI=1S/C22H17F3IN3O3/c1-3-31-19-11-14(10-18(26)20(19)32-8-7-27)9-17-13(2)28-29(21(17)30)16-6-4-5-15(12-16)22(23,24)25/h4-6,9-12H,3,8H2,1-2H3. The molecule has 0 aromatic heterocycles. The molecule has 32 heavy (non-hydrogen) atoms. The topological polar surface area (TPSA) is 74.9 Å². The van der Waals surface area contributed by atoms with E-state index in [1.54, 1.807) is 32.1 Å². The SMILES string of the molecule is CCOc1cc(C=C2C(=O)N(c3cccc(C(F)(F)F)c3)N=C2C)cc(I)c1OCC#N. The van der Waals surface area contributed by atoms with Crippen molar-refractivity contribution in [2.75, 3.05) is 18.2 Å². The van der Waals surface area contributed by atoms with Crippen LogP contribution in [0.5, 0.6) is 11.5 Å². The monoisotopic (exact) mass is 555 g/mol. The van der Waals surface area contributed by atoms with Crippen LogP contribution < -0.4 is 14.5 Å². The van der Waals surface area contributed by atoms with Crippen LogP contribution in [0.15, 0.2) is 47.1 Å². The Hall–Kier alpha value is -3.07. The van der Waals surface area contributed by atoms with Crippen molar-refractivity contribution in [2.45, 2.75) is 20.0 Å². The number of benzene rings is 2. The van der Waals surface area contributed by atoms with E-state index in [-0.39, 0.29) is 17.9 Å². The third-order valence-electron chi connectivity index (χ3n) is 4.40. The van der Waals surface area contributed by atoms with Crippen LogP contribution in [0.1, 0.15) is 25.0 Å². The Morgan fingerprint density at radius 1 is 1.25 bits per heavy atom. The number of alkyl halides is 3. The Morgan fingerprint density at radius 2 is 2.00 bits per heavy atom. The summed E-state index contributed by atoms with van der Waals surface area (Å²) >= 11 is 2.04. The average Bonchev–Trinajstić information content (AvgIpc) is 3.01. The minimum absolute atomic E-state index is 0.0254. The molecule has 1 amide bonds. The molecule has 0 aliphatic carbocycles. The molecule has 0 N–H and O–H groups in total. The van der Waals surface area contributed by atoms with Crippen LogP contribution >= 0.6 is 22.6 Å². The fourth-order valence-electron chi connectivity index (χ4n) is 3.02. The summed E-state index contributed by atoms with van der Waals surface area (Å²) in [4.78, 5) is 13.0. The van der Waals surface area contributed by atoms with Gasteiger partial charge in [0.05, 0.1) is 32.7 Å². The van der Waals surface area contributed by atoms with Gasteiger partial charge in [-0.2, -0.15) is 28.5 Å². The van der Waals surface area contributed by atoms with Crippen LogP contribution in [0.2, 0.25) is 0 Å². The van der Waals surface area contributed by atoms with Gasteiger partial charge < -0.3 is 9.47 Å². The smallest absolute Gasteiger partial charge is 0.416 e. The van der Waals surface area contributed by atoms with Crippen LogP contribution in [-0.2, 0) is 11.0 Å². The van der Waals surface area contributed by atoms with Crippen LogP contribution in [0, 0.1) is 14.9 Å². The summed E-state index contributed by atoms with van der Waals surface area (Å²) in [5.41, 5.74) is 0.386. The van der Waals surface area contributed by atoms with E-state index >= 15 is 0 Å². The molecule has 10 heteroatoms. The molecule has 0 fully saturated rings. The van der Waals surface area contributed by atoms with Gasteiger partial charge in [-0.05, 0) is 78.4 Å². The largest absolute Gasteiger partial charge is 0.490 e. The zero-order valence-electron chi connectivity index (χ0n) is 17.0. The Labute approximate surface area is 196 Å². The number of amides is 1. The fourth-order valence-corrected chi connectivity index (χ4v) is 3.80. The van der Waals surface area contributed by atoms with E-state index in [0.717, 1.165) is 17.1 Å². The van der Waals surface area contributed by atoms with Crippen LogP contribution in [0.3, 0.4) is 0 Å². The first-order chi connectivity index (χ1) is 15.2. The van der Waals surface area contributed by atoms with Crippen LogP contribution in [-0.4, -0.2) is 24.8 Å². The Morgan fingerprint density at radius 3 is 2.66 bits per heavy atom. The van der Waals surface area contributed by atoms with Gasteiger partial charge in [-0.1, -0.05) is 6.07 Å². The van der Waals surface area contributed by atoms with Gasteiger partial charge in [0.1, 0.15) is 6.07 Å². The second-order valence-electron chi connectivity index (χ2n) is 6.62. The van der Waals surface area contributed by atoms with Crippen LogP contribution in [0.4, 0.5) is 18.9 Å². The number of carbonyl (C=O) groups excluding carboxylic acids is 1. The number of hydrogen-bond acceptors (Lipinski definition) is 5. The molecule has 0 bridgehead atoms. The highest BCUT2D eigenvalue weighted by molar-refractivity contribution is 14.1. The highest BCUT2D eigenvalue weighted by Crippen LogP contribution is 2.36. The molecule has 0 unspecified atom stereocenters. The number of anilines is 1. The Balaban J connectivity index is 1.96. The lowest BCUT2D eigenvalue weighted by Gasteiger charge is -2.14. The van der Waals surface area contributed by atoms with Crippen molar-refractivity contribution >= 4 is 46.0 Å². The average molecular weight is 555 g/mol. The highest BCUT2D eigenvalue weighted by Gasteiger charge is 2.33. The second kappa shape index (κ2) is 9.60. The number of rotatable bonds is 6. The van der Waals surface area contributed by atoms with Gasteiger partial charge in [0.25, 0.3) is 5.91 Å². The third kappa shape index (κ3) is 5.04. The van der Waals surface area contributed by atoms with E-state index < -0.39 is 17.6 Å². The maximum Gasteiger partial charge on any atom is 0.416 e. The first kappa shape index (κ1) is 23.6. The zero-order chi connectivity index (χ0) is 23.5. The molecule has 2 aromatic rings.